The summed E-state index contributed by atoms with van der Waals surface area (Å²) < 4.78 is 0. The van der Waals surface area contributed by atoms with Gasteiger partial charge in [0, 0.05) is 0 Å². The molecule has 0 radical (unpaired) electrons. The first-order chi connectivity index (χ1) is 6.08. The third kappa shape index (κ3) is 3.37. The summed E-state index contributed by atoms with van der Waals surface area (Å²) in [6.07, 6.45) is -4.03. The van der Waals surface area contributed by atoms with E-state index in [-0.39, 0.29) is 0 Å². The molecule has 0 saturated carbocycles. The Kier molecular flexibility index (Phi) is 5.76. The molecule has 0 bridgehead atoms. The first kappa shape index (κ1) is 12.5. The second-order valence-electron chi connectivity index (χ2n) is 2.68. The van der Waals surface area contributed by atoms with E-state index < -0.39 is 31.0 Å². The minimum absolute atomic E-state index is 0.415. The molecule has 0 aromatic heterocycles. The predicted molar refractivity (Wildman–Crippen MR) is 44.0 cm³/mol. The minimum Gasteiger partial charge on any atom is -0.394 e. The molecular formula is C7H15NO5. The molecule has 0 aliphatic heterocycles. The van der Waals surface area contributed by atoms with Crippen LogP contribution in [-0.4, -0.2) is 64.7 Å². The molecule has 4 atom stereocenters. The van der Waals surface area contributed by atoms with Gasteiger partial charge < -0.3 is 30.5 Å². The summed E-state index contributed by atoms with van der Waals surface area (Å²) in [7, 11) is 1.43. The highest BCUT2D eigenvalue weighted by Gasteiger charge is 2.29. The number of nitrogens with one attached hydrogen (secondary N) is 1. The lowest BCUT2D eigenvalue weighted by atomic mass is 10.0. The summed E-state index contributed by atoms with van der Waals surface area (Å²) >= 11 is 0. The molecule has 0 aromatic carbocycles. The Hall–Kier alpha value is -0.530. The van der Waals surface area contributed by atoms with Crippen LogP contribution in [0.5, 0.6) is 0 Å². The molecule has 0 rings (SSSR count). The summed E-state index contributed by atoms with van der Waals surface area (Å²) in [5, 5.41) is 38.2. The average molecular weight is 193 g/mol. The molecule has 0 aliphatic rings. The largest absolute Gasteiger partial charge is 0.394 e. The third-order valence-corrected chi connectivity index (χ3v) is 1.78. The summed E-state index contributed by atoms with van der Waals surface area (Å²) in [4.78, 5) is 10.3. The van der Waals surface area contributed by atoms with Crippen molar-refractivity contribution in [3.63, 3.8) is 0 Å². The summed E-state index contributed by atoms with van der Waals surface area (Å²) in [5.41, 5.74) is 0. The zero-order chi connectivity index (χ0) is 10.4. The topological polar surface area (TPSA) is 110 Å². The summed E-state index contributed by atoms with van der Waals surface area (Å²) in [5.74, 6) is 0. The van der Waals surface area contributed by atoms with Crippen molar-refractivity contribution in [2.45, 2.75) is 24.4 Å². The third-order valence-electron chi connectivity index (χ3n) is 1.78. The number of aldehydes is 1. The van der Waals surface area contributed by atoms with Gasteiger partial charge in [0.25, 0.3) is 0 Å². The number of hydrogen-bond acceptors (Lipinski definition) is 6. The van der Waals surface area contributed by atoms with E-state index in [1.54, 1.807) is 0 Å². The quantitative estimate of drug-likeness (QED) is 0.285. The maximum absolute atomic E-state index is 10.3. The van der Waals surface area contributed by atoms with Gasteiger partial charge in [-0.1, -0.05) is 0 Å². The number of carbonyl (C=O) groups is 1. The van der Waals surface area contributed by atoms with Gasteiger partial charge in [-0.15, -0.1) is 0 Å². The second kappa shape index (κ2) is 6.01. The van der Waals surface area contributed by atoms with E-state index in [1.165, 1.54) is 7.05 Å². The molecule has 0 unspecified atom stereocenters. The van der Waals surface area contributed by atoms with Gasteiger partial charge in [-0.25, -0.2) is 0 Å². The van der Waals surface area contributed by atoms with Crippen molar-refractivity contribution in [3.8, 4) is 0 Å². The average Bonchev–Trinajstić information content (AvgIpc) is 2.17. The molecule has 0 amide bonds. The van der Waals surface area contributed by atoms with Crippen molar-refractivity contribution in [3.05, 3.63) is 0 Å². The van der Waals surface area contributed by atoms with Gasteiger partial charge in [-0.2, -0.15) is 0 Å². The van der Waals surface area contributed by atoms with Gasteiger partial charge in [-0.05, 0) is 7.05 Å². The van der Waals surface area contributed by atoms with Crippen LogP contribution in [0.15, 0.2) is 0 Å². The zero-order valence-corrected chi connectivity index (χ0v) is 7.29. The monoisotopic (exact) mass is 193 g/mol. The molecule has 5 N–H and O–H groups in total. The van der Waals surface area contributed by atoms with Crippen molar-refractivity contribution >= 4 is 6.29 Å². The Morgan fingerprint density at radius 3 is 2.15 bits per heavy atom. The van der Waals surface area contributed by atoms with Gasteiger partial charge in [0.1, 0.15) is 24.6 Å². The Labute approximate surface area is 75.8 Å². The van der Waals surface area contributed by atoms with Crippen molar-refractivity contribution in [2.75, 3.05) is 13.7 Å². The molecule has 0 fully saturated rings. The Morgan fingerprint density at radius 1 is 1.31 bits per heavy atom. The molecule has 6 nitrogen and oxygen atoms in total. The smallest absolute Gasteiger partial charge is 0.139 e. The van der Waals surface area contributed by atoms with Crippen LogP contribution in [0.25, 0.3) is 0 Å². The minimum atomic E-state index is -1.55. The fourth-order valence-electron chi connectivity index (χ4n) is 0.867. The molecule has 13 heavy (non-hydrogen) atoms. The molecule has 0 aromatic rings. The van der Waals surface area contributed by atoms with Gasteiger partial charge in [0.15, 0.2) is 0 Å². The van der Waals surface area contributed by atoms with Gasteiger partial charge >= 0.3 is 0 Å². The van der Waals surface area contributed by atoms with Gasteiger partial charge in [-0.3, -0.25) is 0 Å². The van der Waals surface area contributed by atoms with E-state index in [9.17, 15) is 9.90 Å². The predicted octanol–water partition coefficient (Wildman–Crippen LogP) is -3.15. The van der Waals surface area contributed by atoms with E-state index in [1.807, 2.05) is 0 Å². The Balaban J connectivity index is 4.21. The van der Waals surface area contributed by atoms with E-state index >= 15 is 0 Å². The van der Waals surface area contributed by atoms with Gasteiger partial charge in [0.05, 0.1) is 12.6 Å². The van der Waals surface area contributed by atoms with Crippen LogP contribution < -0.4 is 5.32 Å². The molecule has 78 valence electrons. The fraction of sp³-hybridized carbons (Fsp3) is 0.857. The maximum atomic E-state index is 10.3. The molecule has 0 aliphatic carbocycles. The van der Waals surface area contributed by atoms with Crippen LogP contribution >= 0.6 is 0 Å². The van der Waals surface area contributed by atoms with Crippen LogP contribution in [0.2, 0.25) is 0 Å². The van der Waals surface area contributed by atoms with Crippen molar-refractivity contribution in [1.29, 1.82) is 0 Å². The lowest BCUT2D eigenvalue weighted by Gasteiger charge is -2.25. The highest BCUT2D eigenvalue weighted by Crippen LogP contribution is 2.03. The van der Waals surface area contributed by atoms with Crippen LogP contribution in [0.1, 0.15) is 0 Å². The van der Waals surface area contributed by atoms with Crippen LogP contribution in [0.4, 0.5) is 0 Å². The number of rotatable bonds is 6. The van der Waals surface area contributed by atoms with Crippen LogP contribution in [-0.2, 0) is 4.79 Å². The highest BCUT2D eigenvalue weighted by atomic mass is 16.4. The number of hydrogen-bond donors (Lipinski definition) is 5. The summed E-state index contributed by atoms with van der Waals surface area (Å²) in [6.45, 7) is -0.673. The van der Waals surface area contributed by atoms with E-state index in [0.29, 0.717) is 6.29 Å². The number of carbonyl (C=O) groups excluding carboxylic acids is 1. The Bertz CT molecular complexity index is 154. The molecule has 0 saturated heterocycles. The number of likely N-dealkylation sites (N-methyl/N-ethyl adjacent to an activating group) is 1. The molecule has 0 spiro atoms. The van der Waals surface area contributed by atoms with Crippen molar-refractivity contribution < 1.29 is 25.2 Å². The zero-order valence-electron chi connectivity index (χ0n) is 7.29. The van der Waals surface area contributed by atoms with Crippen molar-refractivity contribution in [1.82, 2.24) is 5.32 Å². The molecule has 0 heterocycles. The fourth-order valence-corrected chi connectivity index (χ4v) is 0.867. The van der Waals surface area contributed by atoms with E-state index in [2.05, 4.69) is 5.32 Å². The molecular weight excluding hydrogens is 178 g/mol. The number of aliphatic hydroxyl groups is 4. The SMILES string of the molecule is CN[C@H](C=O)[C@@H](O)[C@H](O)[C@H](O)CO. The van der Waals surface area contributed by atoms with Crippen molar-refractivity contribution in [2.24, 2.45) is 0 Å². The first-order valence-electron chi connectivity index (χ1n) is 3.86. The lowest BCUT2D eigenvalue weighted by molar-refractivity contribution is -0.119. The number of aliphatic hydroxyl groups excluding tert-OH is 4. The second-order valence-corrected chi connectivity index (χ2v) is 2.68. The van der Waals surface area contributed by atoms with E-state index in [0.717, 1.165) is 0 Å². The van der Waals surface area contributed by atoms with Crippen LogP contribution in [0.3, 0.4) is 0 Å². The highest BCUT2D eigenvalue weighted by molar-refractivity contribution is 5.58. The summed E-state index contributed by atoms with van der Waals surface area (Å²) in [6, 6.07) is -0.962. The first-order valence-corrected chi connectivity index (χ1v) is 3.86. The molecule has 6 heteroatoms. The van der Waals surface area contributed by atoms with Crippen LogP contribution in [0, 0.1) is 0 Å². The normalized spacial score (nSPS) is 20.4. The maximum Gasteiger partial charge on any atom is 0.139 e. The van der Waals surface area contributed by atoms with E-state index in [4.69, 9.17) is 15.3 Å². The standard InChI is InChI=1S/C7H15NO5/c1-8-4(2-9)6(12)7(13)5(11)3-10/h2,4-8,10-13H,3H2,1H3/t4-,5-,6-,7-/m1/s1. The lowest BCUT2D eigenvalue weighted by Crippen LogP contribution is -2.51. The van der Waals surface area contributed by atoms with Gasteiger partial charge in [0.2, 0.25) is 0 Å². The Morgan fingerprint density at radius 2 is 1.85 bits per heavy atom.